The number of hydrogen-bond donors (Lipinski definition) is 1. The molecule has 0 saturated carbocycles. The Morgan fingerprint density at radius 1 is 0.682 bits per heavy atom. The van der Waals surface area contributed by atoms with Crippen molar-refractivity contribution in [2.45, 2.75) is 104 Å². The molecule has 0 atom stereocenters. The molecule has 22 heavy (non-hydrogen) atoms. The van der Waals surface area contributed by atoms with Gasteiger partial charge in [-0.15, -0.1) is 0 Å². The van der Waals surface area contributed by atoms with Crippen molar-refractivity contribution in [1.29, 1.82) is 0 Å². The lowest BCUT2D eigenvalue weighted by atomic mass is 9.95. The molecule has 0 aromatic carbocycles. The van der Waals surface area contributed by atoms with Crippen molar-refractivity contribution in [3.63, 3.8) is 0 Å². The normalized spacial score (nSPS) is 13.1. The number of epoxide rings is 1. The molecule has 0 aliphatic carbocycles. The Bertz CT molecular complexity index is 173. The Labute approximate surface area is 140 Å². The molecule has 0 unspecified atom stereocenters. The summed E-state index contributed by atoms with van der Waals surface area (Å²) < 4.78 is 4.50. The van der Waals surface area contributed by atoms with Crippen LogP contribution >= 0.6 is 0 Å². The fourth-order valence-corrected chi connectivity index (χ4v) is 2.75. The van der Waals surface area contributed by atoms with Gasteiger partial charge in [0.25, 0.3) is 0 Å². The Hall–Kier alpha value is -0.0800. The Morgan fingerprint density at radius 2 is 1.05 bits per heavy atom. The average Bonchev–Trinajstić information content (AvgIpc) is 3.40. The van der Waals surface area contributed by atoms with Crippen molar-refractivity contribution in [2.24, 2.45) is 5.92 Å². The molecule has 0 aromatic rings. The first-order valence-corrected chi connectivity index (χ1v) is 10.0. The van der Waals surface area contributed by atoms with Gasteiger partial charge in [0.1, 0.15) is 0 Å². The Morgan fingerprint density at radius 3 is 1.36 bits per heavy atom. The quantitative estimate of drug-likeness (QED) is 0.292. The second-order valence-corrected chi connectivity index (χ2v) is 6.77. The third-order valence-corrected chi connectivity index (χ3v) is 4.39. The van der Waals surface area contributed by atoms with Crippen LogP contribution in [0.2, 0.25) is 0 Å². The first kappa shape index (κ1) is 21.9. The van der Waals surface area contributed by atoms with Gasteiger partial charge in [-0.2, -0.15) is 0 Å². The molecule has 0 bridgehead atoms. The van der Waals surface area contributed by atoms with Crippen LogP contribution in [-0.2, 0) is 4.74 Å². The highest BCUT2D eigenvalue weighted by Gasteiger charge is 2.06. The standard InChI is InChI=1S/C18H38O.C2H4O/c1-3-5-7-9-11-13-15-18(17-19)16-14-12-10-8-6-4-2;1-2-3-1/h18-19H,3-17H2,1-2H3;1-2H2. The Kier molecular flexibility index (Phi) is 18.9. The smallest absolute Gasteiger partial charge is 0.0701 e. The van der Waals surface area contributed by atoms with E-state index in [2.05, 4.69) is 18.6 Å². The molecular weight excluding hydrogens is 272 g/mol. The van der Waals surface area contributed by atoms with Crippen molar-refractivity contribution in [3.8, 4) is 0 Å². The van der Waals surface area contributed by atoms with Crippen LogP contribution in [-0.4, -0.2) is 24.9 Å². The second kappa shape index (κ2) is 19.0. The lowest BCUT2D eigenvalue weighted by molar-refractivity contribution is 0.204. The van der Waals surface area contributed by atoms with Crippen LogP contribution in [0.3, 0.4) is 0 Å². The lowest BCUT2D eigenvalue weighted by Gasteiger charge is -2.13. The predicted octanol–water partition coefficient (Wildman–Crippen LogP) is 6.11. The van der Waals surface area contributed by atoms with E-state index in [-0.39, 0.29) is 0 Å². The molecule has 1 heterocycles. The van der Waals surface area contributed by atoms with Crippen LogP contribution in [0.4, 0.5) is 0 Å². The monoisotopic (exact) mass is 314 g/mol. The molecule has 1 rings (SSSR count). The number of aliphatic hydroxyl groups is 1. The highest BCUT2D eigenvalue weighted by Crippen LogP contribution is 2.18. The predicted molar refractivity (Wildman–Crippen MR) is 97.4 cm³/mol. The molecule has 1 aliphatic heterocycles. The van der Waals surface area contributed by atoms with Gasteiger partial charge in [0.2, 0.25) is 0 Å². The lowest BCUT2D eigenvalue weighted by Crippen LogP contribution is -2.06. The summed E-state index contributed by atoms with van der Waals surface area (Å²) in [5.41, 5.74) is 0. The molecule has 1 N–H and O–H groups in total. The van der Waals surface area contributed by atoms with Gasteiger partial charge >= 0.3 is 0 Å². The van der Waals surface area contributed by atoms with Gasteiger partial charge in [-0.25, -0.2) is 0 Å². The zero-order valence-electron chi connectivity index (χ0n) is 15.5. The summed E-state index contributed by atoms with van der Waals surface area (Å²) >= 11 is 0. The second-order valence-electron chi connectivity index (χ2n) is 6.77. The van der Waals surface area contributed by atoms with Crippen LogP contribution in [0.1, 0.15) is 104 Å². The molecule has 1 fully saturated rings. The van der Waals surface area contributed by atoms with Gasteiger partial charge in [0.05, 0.1) is 13.2 Å². The summed E-state index contributed by atoms with van der Waals surface area (Å²) in [6, 6.07) is 0. The van der Waals surface area contributed by atoms with Gasteiger partial charge in [-0.3, -0.25) is 0 Å². The van der Waals surface area contributed by atoms with E-state index in [0.717, 1.165) is 13.2 Å². The van der Waals surface area contributed by atoms with Crippen molar-refractivity contribution in [1.82, 2.24) is 0 Å². The van der Waals surface area contributed by atoms with E-state index >= 15 is 0 Å². The van der Waals surface area contributed by atoms with Crippen molar-refractivity contribution in [3.05, 3.63) is 0 Å². The minimum absolute atomic E-state index is 0.407. The minimum Gasteiger partial charge on any atom is -0.396 e. The van der Waals surface area contributed by atoms with E-state index in [0.29, 0.717) is 12.5 Å². The molecule has 2 nitrogen and oxygen atoms in total. The zero-order valence-corrected chi connectivity index (χ0v) is 15.5. The molecule has 0 spiro atoms. The summed E-state index contributed by atoms with van der Waals surface area (Å²) in [7, 11) is 0. The van der Waals surface area contributed by atoms with Gasteiger partial charge in [0, 0.05) is 6.61 Å². The van der Waals surface area contributed by atoms with E-state index in [1.54, 1.807) is 0 Å². The minimum atomic E-state index is 0.407. The summed E-state index contributed by atoms with van der Waals surface area (Å²) in [6.45, 7) is 6.94. The molecule has 2 heteroatoms. The topological polar surface area (TPSA) is 32.8 Å². The highest BCUT2D eigenvalue weighted by atomic mass is 16.6. The van der Waals surface area contributed by atoms with E-state index in [1.165, 1.54) is 89.9 Å². The molecule has 1 saturated heterocycles. The number of ether oxygens (including phenoxy) is 1. The Balaban J connectivity index is 0.00000129. The van der Waals surface area contributed by atoms with E-state index in [1.807, 2.05) is 0 Å². The average molecular weight is 315 g/mol. The van der Waals surface area contributed by atoms with Gasteiger partial charge in [-0.05, 0) is 18.8 Å². The van der Waals surface area contributed by atoms with Crippen LogP contribution < -0.4 is 0 Å². The van der Waals surface area contributed by atoms with E-state index < -0.39 is 0 Å². The van der Waals surface area contributed by atoms with E-state index in [4.69, 9.17) is 0 Å². The number of hydrogen-bond acceptors (Lipinski definition) is 2. The van der Waals surface area contributed by atoms with Gasteiger partial charge in [-0.1, -0.05) is 90.9 Å². The van der Waals surface area contributed by atoms with E-state index in [9.17, 15) is 5.11 Å². The van der Waals surface area contributed by atoms with Crippen molar-refractivity contribution < 1.29 is 9.84 Å². The molecule has 0 radical (unpaired) electrons. The fraction of sp³-hybridized carbons (Fsp3) is 1.00. The third kappa shape index (κ3) is 19.9. The summed E-state index contributed by atoms with van der Waals surface area (Å²) in [5.74, 6) is 0.581. The van der Waals surface area contributed by atoms with Crippen LogP contribution in [0.5, 0.6) is 0 Å². The highest BCUT2D eigenvalue weighted by molar-refractivity contribution is 4.59. The number of rotatable bonds is 15. The van der Waals surface area contributed by atoms with Gasteiger partial charge in [0.15, 0.2) is 0 Å². The maximum Gasteiger partial charge on any atom is 0.0701 e. The fourth-order valence-electron chi connectivity index (χ4n) is 2.75. The van der Waals surface area contributed by atoms with Crippen LogP contribution in [0, 0.1) is 5.92 Å². The molecule has 1 aliphatic rings. The van der Waals surface area contributed by atoms with Gasteiger partial charge < -0.3 is 9.84 Å². The molecule has 134 valence electrons. The van der Waals surface area contributed by atoms with Crippen molar-refractivity contribution >= 4 is 0 Å². The SMILES string of the molecule is C1CO1.CCCCCCCCC(CO)CCCCCCCC. The molecule has 0 aromatic heterocycles. The largest absolute Gasteiger partial charge is 0.396 e. The number of unbranched alkanes of at least 4 members (excludes halogenated alkanes) is 10. The van der Waals surface area contributed by atoms with Crippen LogP contribution in [0.15, 0.2) is 0 Å². The third-order valence-electron chi connectivity index (χ3n) is 4.39. The maximum absolute atomic E-state index is 9.41. The molecule has 0 amide bonds. The summed E-state index contributed by atoms with van der Waals surface area (Å²) in [6.07, 6.45) is 18.9. The number of aliphatic hydroxyl groups excluding tert-OH is 1. The first-order valence-electron chi connectivity index (χ1n) is 10.0. The zero-order chi connectivity index (χ0) is 16.3. The summed E-state index contributed by atoms with van der Waals surface area (Å²) in [4.78, 5) is 0. The molecular formula is C20H42O2. The first-order chi connectivity index (χ1) is 10.8. The van der Waals surface area contributed by atoms with Crippen LogP contribution in [0.25, 0.3) is 0 Å². The van der Waals surface area contributed by atoms with Crippen molar-refractivity contribution in [2.75, 3.05) is 19.8 Å². The maximum atomic E-state index is 9.41. The summed E-state index contributed by atoms with van der Waals surface area (Å²) in [5, 5.41) is 9.41.